The number of aromatic nitrogens is 2. The predicted octanol–water partition coefficient (Wildman–Crippen LogP) is 4.24. The van der Waals surface area contributed by atoms with Crippen molar-refractivity contribution in [3.05, 3.63) is 55.9 Å². The third-order valence-electron chi connectivity index (χ3n) is 4.37. The van der Waals surface area contributed by atoms with Crippen molar-refractivity contribution in [1.29, 1.82) is 0 Å². The van der Waals surface area contributed by atoms with E-state index < -0.39 is 6.04 Å². The van der Waals surface area contributed by atoms with Crippen LogP contribution >= 0.6 is 22.9 Å². The number of nitrogens with zero attached hydrogens (tertiary/aromatic N) is 2. The van der Waals surface area contributed by atoms with Gasteiger partial charge in [-0.05, 0) is 51.0 Å². The largest absolute Gasteiger partial charge is 0.324 e. The number of anilines is 1. The summed E-state index contributed by atoms with van der Waals surface area (Å²) in [7, 11) is 0. The maximum absolute atomic E-state index is 12.8. The lowest BCUT2D eigenvalue weighted by Gasteiger charge is -2.16. The fourth-order valence-corrected chi connectivity index (χ4v) is 3.78. The highest BCUT2D eigenvalue weighted by Gasteiger charge is 2.20. The lowest BCUT2D eigenvalue weighted by molar-refractivity contribution is -0.118. The quantitative estimate of drug-likeness (QED) is 0.744. The molecule has 0 aliphatic rings. The molecule has 0 spiro atoms. The van der Waals surface area contributed by atoms with Crippen LogP contribution in [0.4, 0.5) is 5.69 Å². The summed E-state index contributed by atoms with van der Waals surface area (Å²) in [6.45, 7) is 7.43. The van der Waals surface area contributed by atoms with Gasteiger partial charge in [-0.15, -0.1) is 11.3 Å². The molecule has 0 aliphatic carbocycles. The Labute approximate surface area is 154 Å². The van der Waals surface area contributed by atoms with Gasteiger partial charge in [0.05, 0.1) is 11.7 Å². The monoisotopic (exact) mass is 375 g/mol. The van der Waals surface area contributed by atoms with Gasteiger partial charge >= 0.3 is 0 Å². The third-order valence-corrected chi connectivity index (χ3v) is 5.72. The normalized spacial score (nSPS) is 12.4. The molecule has 0 aliphatic heterocycles. The van der Waals surface area contributed by atoms with Crippen LogP contribution in [-0.2, 0) is 4.79 Å². The Balaban J connectivity index is 1.96. The van der Waals surface area contributed by atoms with Crippen LogP contribution in [0.3, 0.4) is 0 Å². The Kier molecular flexibility index (Phi) is 4.67. The van der Waals surface area contributed by atoms with E-state index in [0.717, 1.165) is 16.0 Å². The van der Waals surface area contributed by atoms with Crippen LogP contribution in [0.1, 0.15) is 29.0 Å². The van der Waals surface area contributed by atoms with Crippen molar-refractivity contribution in [2.24, 2.45) is 0 Å². The van der Waals surface area contributed by atoms with Gasteiger partial charge in [-0.1, -0.05) is 17.7 Å². The molecule has 0 unspecified atom stereocenters. The Hall–Kier alpha value is -2.18. The summed E-state index contributed by atoms with van der Waals surface area (Å²) >= 11 is 7.48. The molecule has 0 fully saturated rings. The maximum atomic E-state index is 12.8. The number of hydrogen-bond donors (Lipinski definition) is 1. The number of nitrogens with one attached hydrogen (secondary N) is 1. The molecule has 0 saturated heterocycles. The minimum Gasteiger partial charge on any atom is -0.324 e. The van der Waals surface area contributed by atoms with E-state index in [1.165, 1.54) is 22.2 Å². The summed E-state index contributed by atoms with van der Waals surface area (Å²) in [5, 5.41) is 3.96. The van der Waals surface area contributed by atoms with E-state index in [2.05, 4.69) is 10.3 Å². The second kappa shape index (κ2) is 6.61. The molecular formula is C18H18ClN3O2S. The maximum Gasteiger partial charge on any atom is 0.263 e. The van der Waals surface area contributed by atoms with Gasteiger partial charge in [0, 0.05) is 15.6 Å². The van der Waals surface area contributed by atoms with Crippen molar-refractivity contribution in [3.8, 4) is 0 Å². The smallest absolute Gasteiger partial charge is 0.263 e. The van der Waals surface area contributed by atoms with Crippen LogP contribution in [0.5, 0.6) is 0 Å². The van der Waals surface area contributed by atoms with E-state index in [4.69, 9.17) is 11.6 Å². The average molecular weight is 376 g/mol. The molecule has 2 heterocycles. The number of aryl methyl sites for hydroxylation is 3. The van der Waals surface area contributed by atoms with Crippen molar-refractivity contribution >= 4 is 44.7 Å². The number of thiophene rings is 1. The first kappa shape index (κ1) is 17.6. The summed E-state index contributed by atoms with van der Waals surface area (Å²) in [5.41, 5.74) is 2.26. The zero-order chi connectivity index (χ0) is 18.3. The van der Waals surface area contributed by atoms with Crippen molar-refractivity contribution in [1.82, 2.24) is 9.55 Å². The zero-order valence-corrected chi connectivity index (χ0v) is 16.0. The van der Waals surface area contributed by atoms with Gasteiger partial charge in [0.15, 0.2) is 0 Å². The number of halogens is 1. The van der Waals surface area contributed by atoms with Crippen molar-refractivity contribution in [2.75, 3.05) is 5.32 Å². The minimum atomic E-state index is -0.692. The molecule has 1 N–H and O–H groups in total. The van der Waals surface area contributed by atoms with Crippen molar-refractivity contribution in [2.45, 2.75) is 33.7 Å². The van der Waals surface area contributed by atoms with Gasteiger partial charge < -0.3 is 5.32 Å². The Morgan fingerprint density at radius 3 is 2.76 bits per heavy atom. The lowest BCUT2D eigenvalue weighted by atomic mass is 10.2. The molecule has 1 atom stereocenters. The van der Waals surface area contributed by atoms with E-state index in [1.807, 2.05) is 26.8 Å². The standard InChI is InChI=1S/C18H18ClN3O2S/c1-9-5-6-13(19)7-14(9)21-16(23)11(3)22-8-20-17-15(18(22)24)10(2)12(4)25-17/h5-8,11H,1-4H3,(H,21,23)/t11-/m0/s1. The fraction of sp³-hybridized carbons (Fsp3) is 0.278. The van der Waals surface area contributed by atoms with Crippen LogP contribution < -0.4 is 10.9 Å². The van der Waals surface area contributed by atoms with Gasteiger partial charge in [-0.2, -0.15) is 0 Å². The van der Waals surface area contributed by atoms with Crippen LogP contribution in [0.25, 0.3) is 10.2 Å². The first-order valence-corrected chi connectivity index (χ1v) is 9.03. The molecule has 5 nitrogen and oxygen atoms in total. The van der Waals surface area contributed by atoms with Crippen LogP contribution in [0, 0.1) is 20.8 Å². The summed E-state index contributed by atoms with van der Waals surface area (Å²) in [6.07, 6.45) is 1.44. The first-order valence-electron chi connectivity index (χ1n) is 7.83. The first-order chi connectivity index (χ1) is 11.8. The molecule has 0 saturated carbocycles. The van der Waals surface area contributed by atoms with Gasteiger partial charge in [0.2, 0.25) is 5.91 Å². The molecule has 25 heavy (non-hydrogen) atoms. The summed E-state index contributed by atoms with van der Waals surface area (Å²) < 4.78 is 1.37. The zero-order valence-electron chi connectivity index (χ0n) is 14.4. The van der Waals surface area contributed by atoms with Crippen LogP contribution in [0.15, 0.2) is 29.3 Å². The number of rotatable bonds is 3. The number of carbonyl (C=O) groups excluding carboxylic acids is 1. The predicted molar refractivity (Wildman–Crippen MR) is 103 cm³/mol. The van der Waals surface area contributed by atoms with Gasteiger partial charge in [0.1, 0.15) is 10.9 Å². The average Bonchev–Trinajstić information content (AvgIpc) is 2.86. The summed E-state index contributed by atoms with van der Waals surface area (Å²) in [6, 6.07) is 4.60. The molecule has 7 heteroatoms. The number of amides is 1. The van der Waals surface area contributed by atoms with Gasteiger partial charge in [0.25, 0.3) is 5.56 Å². The minimum absolute atomic E-state index is 0.197. The van der Waals surface area contributed by atoms with Crippen LogP contribution in [0.2, 0.25) is 5.02 Å². The van der Waals surface area contributed by atoms with Crippen molar-refractivity contribution in [3.63, 3.8) is 0 Å². The SMILES string of the molecule is Cc1ccc(Cl)cc1NC(=O)[C@H](C)n1cnc2sc(C)c(C)c2c1=O. The number of fused-ring (bicyclic) bond motifs is 1. The molecule has 0 radical (unpaired) electrons. The third kappa shape index (κ3) is 3.19. The van der Waals surface area contributed by atoms with Crippen molar-refractivity contribution < 1.29 is 4.79 Å². The molecule has 130 valence electrons. The molecule has 3 aromatic rings. The molecule has 1 amide bonds. The Morgan fingerprint density at radius 1 is 1.32 bits per heavy atom. The van der Waals surface area contributed by atoms with E-state index >= 15 is 0 Å². The van der Waals surface area contributed by atoms with E-state index in [0.29, 0.717) is 20.9 Å². The van der Waals surface area contributed by atoms with Crippen LogP contribution in [-0.4, -0.2) is 15.5 Å². The number of carbonyl (C=O) groups is 1. The second-order valence-electron chi connectivity index (χ2n) is 6.04. The number of hydrogen-bond acceptors (Lipinski definition) is 4. The molecule has 0 bridgehead atoms. The second-order valence-corrected chi connectivity index (χ2v) is 7.68. The van der Waals surface area contributed by atoms with Gasteiger partial charge in [-0.3, -0.25) is 14.2 Å². The molecule has 3 rings (SSSR count). The van der Waals surface area contributed by atoms with E-state index in [1.54, 1.807) is 19.1 Å². The topological polar surface area (TPSA) is 64.0 Å². The Bertz CT molecular complexity index is 1040. The summed E-state index contributed by atoms with van der Waals surface area (Å²) in [5.74, 6) is -0.293. The number of benzene rings is 1. The highest BCUT2D eigenvalue weighted by molar-refractivity contribution is 7.18. The van der Waals surface area contributed by atoms with E-state index in [-0.39, 0.29) is 11.5 Å². The molecular weight excluding hydrogens is 358 g/mol. The Morgan fingerprint density at radius 2 is 2.04 bits per heavy atom. The summed E-state index contributed by atoms with van der Waals surface area (Å²) in [4.78, 5) is 31.5. The molecule has 1 aromatic carbocycles. The lowest BCUT2D eigenvalue weighted by Crippen LogP contribution is -2.32. The highest BCUT2D eigenvalue weighted by Crippen LogP contribution is 2.26. The highest BCUT2D eigenvalue weighted by atomic mass is 35.5. The fourth-order valence-electron chi connectivity index (χ4n) is 2.62. The van der Waals surface area contributed by atoms with Gasteiger partial charge in [-0.25, -0.2) is 4.98 Å². The van der Waals surface area contributed by atoms with E-state index in [9.17, 15) is 9.59 Å². The molecule has 2 aromatic heterocycles.